The lowest BCUT2D eigenvalue weighted by molar-refractivity contribution is -0.197. The number of ether oxygens (including phenoxy) is 2. The summed E-state index contributed by atoms with van der Waals surface area (Å²) in [6.07, 6.45) is 0.779. The third-order valence-electron chi connectivity index (χ3n) is 5.20. The predicted molar refractivity (Wildman–Crippen MR) is 85.1 cm³/mol. The fourth-order valence-corrected chi connectivity index (χ4v) is 4.03. The average Bonchev–Trinajstić information content (AvgIpc) is 2.92. The van der Waals surface area contributed by atoms with Gasteiger partial charge in [0.1, 0.15) is 12.1 Å². The lowest BCUT2D eigenvalue weighted by atomic mass is 9.67. The number of hydrogen-bond acceptors (Lipinski definition) is 6. The summed E-state index contributed by atoms with van der Waals surface area (Å²) in [6, 6.07) is 0. The second-order valence-corrected chi connectivity index (χ2v) is 7.35. The predicted octanol–water partition coefficient (Wildman–Crippen LogP) is 0.844. The van der Waals surface area contributed by atoms with Crippen LogP contribution in [0.2, 0.25) is 0 Å². The second kappa shape index (κ2) is 6.21. The highest BCUT2D eigenvalue weighted by Crippen LogP contribution is 2.58. The first kappa shape index (κ1) is 19.0. The molecule has 5 unspecified atom stereocenters. The van der Waals surface area contributed by atoms with Gasteiger partial charge in [-0.1, -0.05) is 6.58 Å². The first-order chi connectivity index (χ1) is 10.9. The lowest BCUT2D eigenvalue weighted by Crippen LogP contribution is -2.65. The van der Waals surface area contributed by atoms with E-state index in [1.165, 1.54) is 6.92 Å². The maximum Gasteiger partial charge on any atom is 0.326 e. The van der Waals surface area contributed by atoms with Gasteiger partial charge in [0.2, 0.25) is 5.91 Å². The summed E-state index contributed by atoms with van der Waals surface area (Å²) in [5.74, 6) is -1.15. The SMILES string of the molecule is C=C(C)C(=O)NCC(=O)OC1(C)C2(C)CCC(O2)C1(C)OS(=O)O. The van der Waals surface area contributed by atoms with E-state index >= 15 is 0 Å². The quantitative estimate of drug-likeness (QED) is 0.410. The Hall–Kier alpha value is -1.29. The van der Waals surface area contributed by atoms with Gasteiger partial charge in [-0.25, -0.2) is 0 Å². The van der Waals surface area contributed by atoms with Crippen LogP contribution in [0.5, 0.6) is 0 Å². The zero-order chi connectivity index (χ0) is 18.3. The van der Waals surface area contributed by atoms with Gasteiger partial charge in [0.25, 0.3) is 0 Å². The zero-order valence-electron chi connectivity index (χ0n) is 14.2. The Balaban J connectivity index is 2.18. The van der Waals surface area contributed by atoms with Crippen molar-refractivity contribution >= 4 is 23.2 Å². The Labute approximate surface area is 143 Å². The molecular weight excluding hydrogens is 338 g/mol. The number of esters is 1. The van der Waals surface area contributed by atoms with Crippen LogP contribution in [0.4, 0.5) is 0 Å². The van der Waals surface area contributed by atoms with Crippen molar-refractivity contribution < 1.29 is 32.0 Å². The highest BCUT2D eigenvalue weighted by atomic mass is 32.2. The standard InChI is InChI=1S/C15H23NO7S/c1-9(2)12(18)16-8-11(17)22-15(5)13(3)7-6-10(21-13)14(15,4)23-24(19)20/h10H,1,6-8H2,2-5H3,(H,16,18)(H,19,20). The highest BCUT2D eigenvalue weighted by Gasteiger charge is 2.74. The molecule has 1 amide bonds. The van der Waals surface area contributed by atoms with E-state index in [9.17, 15) is 18.4 Å². The fraction of sp³-hybridized carbons (Fsp3) is 0.733. The Morgan fingerprint density at radius 1 is 1.42 bits per heavy atom. The summed E-state index contributed by atoms with van der Waals surface area (Å²) in [7, 11) is 0. The lowest BCUT2D eigenvalue weighted by Gasteiger charge is -2.47. The van der Waals surface area contributed by atoms with Crippen molar-refractivity contribution in [3.8, 4) is 0 Å². The molecule has 2 fully saturated rings. The van der Waals surface area contributed by atoms with Crippen LogP contribution in [0.3, 0.4) is 0 Å². The van der Waals surface area contributed by atoms with E-state index in [1.807, 2.05) is 0 Å². The molecule has 8 nitrogen and oxygen atoms in total. The van der Waals surface area contributed by atoms with Gasteiger partial charge >= 0.3 is 17.3 Å². The minimum absolute atomic E-state index is 0.271. The van der Waals surface area contributed by atoms with Crippen molar-refractivity contribution in [2.75, 3.05) is 6.54 Å². The molecule has 2 aliphatic rings. The Bertz CT molecular complexity index is 609. The number of carbonyl (C=O) groups excluding carboxylic acids is 2. The maximum absolute atomic E-state index is 12.2. The van der Waals surface area contributed by atoms with Gasteiger partial charge in [-0.15, -0.1) is 0 Å². The summed E-state index contributed by atoms with van der Waals surface area (Å²) in [5, 5.41) is 2.39. The van der Waals surface area contributed by atoms with Gasteiger partial charge in [-0.3, -0.25) is 18.3 Å². The highest BCUT2D eigenvalue weighted by molar-refractivity contribution is 7.74. The van der Waals surface area contributed by atoms with Crippen LogP contribution in [0.1, 0.15) is 40.5 Å². The molecule has 0 aromatic heterocycles. The van der Waals surface area contributed by atoms with E-state index in [1.54, 1.807) is 20.8 Å². The summed E-state index contributed by atoms with van der Waals surface area (Å²) < 4.78 is 37.1. The van der Waals surface area contributed by atoms with Crippen molar-refractivity contribution in [3.63, 3.8) is 0 Å². The summed E-state index contributed by atoms with van der Waals surface area (Å²) in [4.78, 5) is 23.7. The number of amides is 1. The van der Waals surface area contributed by atoms with Crippen LogP contribution in [-0.4, -0.2) is 50.1 Å². The molecule has 5 atom stereocenters. The minimum atomic E-state index is -2.55. The van der Waals surface area contributed by atoms with Crippen molar-refractivity contribution in [2.24, 2.45) is 0 Å². The molecule has 0 spiro atoms. The number of nitrogens with one attached hydrogen (secondary N) is 1. The smallest absolute Gasteiger partial charge is 0.326 e. The number of fused-ring (bicyclic) bond motifs is 2. The number of rotatable bonds is 6. The molecule has 24 heavy (non-hydrogen) atoms. The number of hydrogen-bond donors (Lipinski definition) is 2. The molecule has 2 saturated heterocycles. The van der Waals surface area contributed by atoms with Gasteiger partial charge < -0.3 is 14.8 Å². The Morgan fingerprint density at radius 2 is 2.04 bits per heavy atom. The van der Waals surface area contributed by atoms with Crippen LogP contribution in [0, 0.1) is 0 Å². The van der Waals surface area contributed by atoms with Gasteiger partial charge in [0.05, 0.1) is 6.10 Å². The molecule has 2 rings (SSSR count). The summed E-state index contributed by atoms with van der Waals surface area (Å²) >= 11 is -2.55. The van der Waals surface area contributed by atoms with Crippen molar-refractivity contribution in [2.45, 2.75) is 63.4 Å². The van der Waals surface area contributed by atoms with E-state index in [-0.39, 0.29) is 12.1 Å². The molecule has 136 valence electrons. The molecule has 0 aromatic rings. The molecule has 0 saturated carbocycles. The van der Waals surface area contributed by atoms with Gasteiger partial charge in [-0.05, 0) is 40.5 Å². The van der Waals surface area contributed by atoms with Crippen LogP contribution >= 0.6 is 0 Å². The molecule has 2 bridgehead atoms. The van der Waals surface area contributed by atoms with Gasteiger partial charge in [0.15, 0.2) is 11.2 Å². The first-order valence-corrected chi connectivity index (χ1v) is 8.62. The third kappa shape index (κ3) is 2.90. The van der Waals surface area contributed by atoms with Crippen molar-refractivity contribution in [1.29, 1.82) is 0 Å². The molecule has 0 radical (unpaired) electrons. The van der Waals surface area contributed by atoms with E-state index < -0.39 is 46.1 Å². The molecule has 2 aliphatic heterocycles. The molecule has 9 heteroatoms. The average molecular weight is 361 g/mol. The monoisotopic (exact) mass is 361 g/mol. The van der Waals surface area contributed by atoms with Crippen LogP contribution in [0.15, 0.2) is 12.2 Å². The van der Waals surface area contributed by atoms with E-state index in [4.69, 9.17) is 13.7 Å². The maximum atomic E-state index is 12.2. The largest absolute Gasteiger partial charge is 0.452 e. The van der Waals surface area contributed by atoms with E-state index in [0.29, 0.717) is 12.8 Å². The summed E-state index contributed by atoms with van der Waals surface area (Å²) in [6.45, 7) is 9.65. The second-order valence-electron chi connectivity index (χ2n) is 6.75. The molecule has 0 aromatic carbocycles. The normalized spacial score (nSPS) is 38.6. The van der Waals surface area contributed by atoms with E-state index in [0.717, 1.165) is 0 Å². The first-order valence-electron chi connectivity index (χ1n) is 7.59. The molecule has 0 aliphatic carbocycles. The minimum Gasteiger partial charge on any atom is -0.452 e. The third-order valence-corrected chi connectivity index (χ3v) is 5.69. The molecular formula is C15H23NO7S. The van der Waals surface area contributed by atoms with Crippen LogP contribution in [-0.2, 0) is 34.6 Å². The van der Waals surface area contributed by atoms with E-state index in [2.05, 4.69) is 11.9 Å². The molecule has 2 heterocycles. The molecule has 2 N–H and O–H groups in total. The Kier molecular flexibility index (Phi) is 4.93. The van der Waals surface area contributed by atoms with Crippen LogP contribution in [0.25, 0.3) is 0 Å². The fourth-order valence-electron chi connectivity index (χ4n) is 3.47. The Morgan fingerprint density at radius 3 is 2.58 bits per heavy atom. The number of carbonyl (C=O) groups is 2. The van der Waals surface area contributed by atoms with Crippen molar-refractivity contribution in [1.82, 2.24) is 5.32 Å². The van der Waals surface area contributed by atoms with Gasteiger partial charge in [0, 0.05) is 5.57 Å². The zero-order valence-corrected chi connectivity index (χ0v) is 15.0. The van der Waals surface area contributed by atoms with Crippen molar-refractivity contribution in [3.05, 3.63) is 12.2 Å². The summed E-state index contributed by atoms with van der Waals surface area (Å²) in [5.41, 5.74) is -3.15. The van der Waals surface area contributed by atoms with Crippen LogP contribution < -0.4 is 5.32 Å². The van der Waals surface area contributed by atoms with Gasteiger partial charge in [-0.2, -0.15) is 4.21 Å². The topological polar surface area (TPSA) is 111 Å².